The maximum Gasteiger partial charge on any atom is 0.347 e. The minimum Gasteiger partial charge on any atom is -0.451 e. The van der Waals surface area contributed by atoms with Crippen LogP contribution in [0.4, 0.5) is 5.69 Å². The van der Waals surface area contributed by atoms with Crippen LogP contribution in [-0.4, -0.2) is 132 Å². The normalized spacial score (nSPS) is 16.0. The lowest BCUT2D eigenvalue weighted by molar-refractivity contribution is -0.188. The lowest BCUT2D eigenvalue weighted by atomic mass is 10.2. The minimum atomic E-state index is -1.64. The standard InChI is InChI=1S/C37H44BrN5O17/c1-16(29(45)43(37-41-14-15-42-37)26-11-10-25-28(27(26)38)40-13-12-39-25)54-31(47)18(3)56-33(49)20(5)58-35(51)22(7)60-36(52)23(8)59-34(50)21(6)57-32(48)19(4)55-30(46)17(2)53-24(9)44/h10-13,16-23H,14-15H2,1-9H3,(H,41,42)/t16-,17-,18-,19-,20-,21-,22-,23-/m0/s1. The summed E-state index contributed by atoms with van der Waals surface area (Å²) in [4.78, 5) is 126. The molecule has 2 heterocycles. The van der Waals surface area contributed by atoms with Crippen molar-refractivity contribution in [1.29, 1.82) is 0 Å². The zero-order valence-electron chi connectivity index (χ0n) is 33.9. The van der Waals surface area contributed by atoms with E-state index in [9.17, 15) is 43.2 Å². The van der Waals surface area contributed by atoms with Gasteiger partial charge in [0.15, 0.2) is 48.8 Å². The number of amides is 1. The van der Waals surface area contributed by atoms with Crippen molar-refractivity contribution < 1.29 is 81.0 Å². The average molecular weight is 911 g/mol. The number of rotatable bonds is 17. The van der Waals surface area contributed by atoms with Crippen molar-refractivity contribution in [1.82, 2.24) is 15.3 Å². The fourth-order valence-electron chi connectivity index (χ4n) is 4.75. The number of esters is 8. The van der Waals surface area contributed by atoms with Crippen LogP contribution in [0.3, 0.4) is 0 Å². The number of anilines is 1. The van der Waals surface area contributed by atoms with Crippen molar-refractivity contribution >= 4 is 92.3 Å². The first kappa shape index (κ1) is 48.1. The fourth-order valence-corrected chi connectivity index (χ4v) is 5.36. The van der Waals surface area contributed by atoms with Crippen LogP contribution in [0.25, 0.3) is 11.0 Å². The van der Waals surface area contributed by atoms with E-state index < -0.39 is 102 Å². The van der Waals surface area contributed by atoms with E-state index in [-0.39, 0.29) is 5.96 Å². The van der Waals surface area contributed by atoms with Crippen LogP contribution in [0, 0.1) is 0 Å². The van der Waals surface area contributed by atoms with Crippen molar-refractivity contribution in [3.8, 4) is 0 Å². The van der Waals surface area contributed by atoms with Gasteiger partial charge in [-0.15, -0.1) is 0 Å². The van der Waals surface area contributed by atoms with Gasteiger partial charge in [0.25, 0.3) is 5.91 Å². The molecule has 0 fully saturated rings. The van der Waals surface area contributed by atoms with Gasteiger partial charge in [0.1, 0.15) is 5.52 Å². The van der Waals surface area contributed by atoms with Crippen molar-refractivity contribution in [3.05, 3.63) is 29.0 Å². The van der Waals surface area contributed by atoms with E-state index in [0.29, 0.717) is 34.3 Å². The topological polar surface area (TPSA) is 281 Å². The number of fused-ring (bicyclic) bond motifs is 1. The van der Waals surface area contributed by atoms with E-state index >= 15 is 0 Å². The summed E-state index contributed by atoms with van der Waals surface area (Å²) in [5.41, 5.74) is 1.36. The largest absolute Gasteiger partial charge is 0.451 e. The van der Waals surface area contributed by atoms with E-state index in [1.807, 2.05) is 0 Å². The quantitative estimate of drug-likeness (QED) is 0.172. The van der Waals surface area contributed by atoms with E-state index in [2.05, 4.69) is 40.9 Å². The third-order valence-electron chi connectivity index (χ3n) is 7.95. The molecule has 1 aromatic carbocycles. The number of nitrogens with zero attached hydrogens (tertiary/aromatic N) is 4. The van der Waals surface area contributed by atoms with Crippen molar-refractivity contribution in [2.24, 2.45) is 4.99 Å². The lowest BCUT2D eigenvalue weighted by Crippen LogP contribution is -2.49. The number of ether oxygens (including phenoxy) is 8. The first-order valence-electron chi connectivity index (χ1n) is 18.2. The molecule has 0 radical (unpaired) electrons. The number of guanidine groups is 1. The number of carbonyl (C=O) groups is 9. The SMILES string of the molecule is CC(=O)O[C@@H](C)C(=O)O[C@@H](C)C(=O)O[C@@H](C)C(=O)O[C@@H](C)C(=O)O[C@@H](C)C(=O)O[C@@H](C)C(=O)O[C@@H](C)C(=O)O[C@@H](C)C(=O)N(C1=NCCN1)c1ccc2nccnc2c1Br. The molecular weight excluding hydrogens is 866 g/mol. The van der Waals surface area contributed by atoms with Gasteiger partial charge in [0.05, 0.1) is 22.2 Å². The Bertz CT molecular complexity index is 2030. The summed E-state index contributed by atoms with van der Waals surface area (Å²) >= 11 is 3.48. The van der Waals surface area contributed by atoms with Gasteiger partial charge in [-0.25, -0.2) is 38.5 Å². The summed E-state index contributed by atoms with van der Waals surface area (Å²) in [5.74, 6) is -9.40. The lowest BCUT2D eigenvalue weighted by Gasteiger charge is -2.27. The highest BCUT2D eigenvalue weighted by Crippen LogP contribution is 2.33. The molecule has 1 aliphatic heterocycles. The molecular formula is C37H44BrN5O17. The molecule has 22 nitrogen and oxygen atoms in total. The Labute approximate surface area is 351 Å². The maximum atomic E-state index is 13.7. The Hall–Kier alpha value is -6.26. The van der Waals surface area contributed by atoms with Crippen LogP contribution in [0.1, 0.15) is 62.3 Å². The molecule has 0 unspecified atom stereocenters. The summed E-state index contributed by atoms with van der Waals surface area (Å²) in [6.45, 7) is 11.2. The van der Waals surface area contributed by atoms with E-state index in [4.69, 9.17) is 33.2 Å². The molecule has 0 saturated heterocycles. The summed E-state index contributed by atoms with van der Waals surface area (Å²) in [7, 11) is 0. The summed E-state index contributed by atoms with van der Waals surface area (Å²) in [5, 5.41) is 3.01. The molecule has 1 amide bonds. The molecule has 1 aliphatic rings. The zero-order chi connectivity index (χ0) is 45.0. The molecule has 8 atom stereocenters. The smallest absolute Gasteiger partial charge is 0.347 e. The highest BCUT2D eigenvalue weighted by molar-refractivity contribution is 9.10. The number of nitrogens with one attached hydrogen (secondary N) is 1. The van der Waals surface area contributed by atoms with Gasteiger partial charge in [-0.05, 0) is 83.5 Å². The van der Waals surface area contributed by atoms with Crippen molar-refractivity contribution in [3.63, 3.8) is 0 Å². The molecule has 3 rings (SSSR count). The number of hydrogen-bond acceptors (Lipinski definition) is 21. The Morgan fingerprint density at radius 2 is 0.933 bits per heavy atom. The predicted octanol–water partition coefficient (Wildman–Crippen LogP) is 1.16. The third-order valence-corrected chi connectivity index (χ3v) is 8.73. The number of halogens is 1. The second-order valence-electron chi connectivity index (χ2n) is 12.9. The molecule has 1 N–H and O–H groups in total. The van der Waals surface area contributed by atoms with Gasteiger partial charge < -0.3 is 43.2 Å². The number of carbonyl (C=O) groups excluding carboxylic acids is 9. The molecule has 0 bridgehead atoms. The first-order chi connectivity index (χ1) is 28.1. The van der Waals surface area contributed by atoms with E-state index in [0.717, 1.165) is 41.5 Å². The molecule has 0 saturated carbocycles. The maximum absolute atomic E-state index is 13.7. The monoisotopic (exact) mass is 909 g/mol. The van der Waals surface area contributed by atoms with Gasteiger partial charge in [-0.2, -0.15) is 0 Å². The highest BCUT2D eigenvalue weighted by atomic mass is 79.9. The third kappa shape index (κ3) is 13.1. The predicted molar refractivity (Wildman–Crippen MR) is 205 cm³/mol. The van der Waals surface area contributed by atoms with Gasteiger partial charge in [-0.1, -0.05) is 0 Å². The molecule has 23 heteroatoms. The number of hydrogen-bond donors (Lipinski definition) is 1. The Balaban J connectivity index is 1.48. The average Bonchev–Trinajstić information content (AvgIpc) is 3.72. The summed E-state index contributed by atoms with van der Waals surface area (Å²) in [6, 6.07) is 3.27. The van der Waals surface area contributed by atoms with Crippen LogP contribution < -0.4 is 10.2 Å². The first-order valence-corrected chi connectivity index (χ1v) is 19.0. The molecule has 1 aromatic heterocycles. The Kier molecular flexibility index (Phi) is 17.4. The minimum absolute atomic E-state index is 0.202. The van der Waals surface area contributed by atoms with E-state index in [1.54, 1.807) is 12.1 Å². The molecule has 0 spiro atoms. The summed E-state index contributed by atoms with van der Waals surface area (Å²) < 4.78 is 40.2. The second kappa shape index (κ2) is 21.7. The van der Waals surface area contributed by atoms with Crippen LogP contribution in [0.15, 0.2) is 34.0 Å². The van der Waals surface area contributed by atoms with Gasteiger partial charge in [0, 0.05) is 25.9 Å². The number of aliphatic imine (C=N–C) groups is 1. The Morgan fingerprint density at radius 1 is 0.567 bits per heavy atom. The zero-order valence-corrected chi connectivity index (χ0v) is 35.5. The number of aromatic nitrogens is 2. The van der Waals surface area contributed by atoms with Crippen molar-refractivity contribution in [2.75, 3.05) is 18.0 Å². The van der Waals surface area contributed by atoms with Crippen LogP contribution in [0.2, 0.25) is 0 Å². The van der Waals surface area contributed by atoms with E-state index in [1.165, 1.54) is 38.1 Å². The highest BCUT2D eigenvalue weighted by Gasteiger charge is 2.36. The fraction of sp³-hybridized carbons (Fsp3) is 0.514. The second-order valence-corrected chi connectivity index (χ2v) is 13.7. The molecule has 0 aliphatic carbocycles. The van der Waals surface area contributed by atoms with Gasteiger partial charge in [0.2, 0.25) is 5.96 Å². The van der Waals surface area contributed by atoms with Crippen molar-refractivity contribution in [2.45, 2.75) is 111 Å². The summed E-state index contributed by atoms with van der Waals surface area (Å²) in [6.07, 6.45) is -9.29. The van der Waals surface area contributed by atoms with Crippen LogP contribution in [-0.2, 0) is 81.0 Å². The molecule has 326 valence electrons. The van der Waals surface area contributed by atoms with Gasteiger partial charge in [-0.3, -0.25) is 24.5 Å². The van der Waals surface area contributed by atoms with Crippen LogP contribution in [0.5, 0.6) is 0 Å². The van der Waals surface area contributed by atoms with Crippen LogP contribution >= 0.6 is 15.9 Å². The molecule has 2 aromatic rings. The van der Waals surface area contributed by atoms with Gasteiger partial charge >= 0.3 is 47.8 Å². The number of benzene rings is 1. The molecule has 60 heavy (non-hydrogen) atoms. The Morgan fingerprint density at radius 3 is 1.30 bits per heavy atom.